The normalized spacial score (nSPS) is 21.1. The van der Waals surface area contributed by atoms with Crippen molar-refractivity contribution in [2.24, 2.45) is 11.8 Å². The average molecular weight is 329 g/mol. The van der Waals surface area contributed by atoms with Crippen LogP contribution in [0, 0.1) is 11.8 Å². The summed E-state index contributed by atoms with van der Waals surface area (Å²) in [6.45, 7) is 8.61. The van der Waals surface area contributed by atoms with E-state index in [1.807, 2.05) is 4.90 Å². The van der Waals surface area contributed by atoms with E-state index in [1.54, 1.807) is 0 Å². The molecule has 0 spiro atoms. The Hall–Kier alpha value is -1.39. The SMILES string of the molecule is CCN(CC1CCN(Cc2ccccc2)C1)C(=O)CNCC1CC1. The Morgan fingerprint density at radius 1 is 1.21 bits per heavy atom. The Bertz CT molecular complexity index is 515. The molecule has 1 heterocycles. The van der Waals surface area contributed by atoms with E-state index < -0.39 is 0 Å². The molecule has 4 nitrogen and oxygen atoms in total. The number of rotatable bonds is 9. The highest BCUT2D eigenvalue weighted by Crippen LogP contribution is 2.27. The summed E-state index contributed by atoms with van der Waals surface area (Å²) < 4.78 is 0. The number of likely N-dealkylation sites (tertiary alicyclic amines) is 1. The third-order valence-corrected chi connectivity index (χ3v) is 5.24. The Kier molecular flexibility index (Phi) is 6.27. The molecule has 2 aliphatic rings. The molecule has 1 aromatic rings. The largest absolute Gasteiger partial charge is 0.342 e. The summed E-state index contributed by atoms with van der Waals surface area (Å²) in [6.07, 6.45) is 3.86. The third kappa shape index (κ3) is 5.32. The fourth-order valence-electron chi connectivity index (χ4n) is 3.58. The van der Waals surface area contributed by atoms with Crippen molar-refractivity contribution >= 4 is 5.91 Å². The fraction of sp³-hybridized carbons (Fsp3) is 0.650. The molecule has 1 amide bonds. The van der Waals surface area contributed by atoms with Crippen LogP contribution < -0.4 is 5.32 Å². The van der Waals surface area contributed by atoms with E-state index in [-0.39, 0.29) is 5.91 Å². The second kappa shape index (κ2) is 8.63. The van der Waals surface area contributed by atoms with Gasteiger partial charge in [-0.3, -0.25) is 9.69 Å². The zero-order valence-electron chi connectivity index (χ0n) is 14.9. The van der Waals surface area contributed by atoms with Crippen LogP contribution in [-0.4, -0.2) is 55.0 Å². The Balaban J connectivity index is 1.40. The van der Waals surface area contributed by atoms with Crippen molar-refractivity contribution in [3.05, 3.63) is 35.9 Å². The van der Waals surface area contributed by atoms with E-state index in [1.165, 1.54) is 24.8 Å². The van der Waals surface area contributed by atoms with E-state index in [4.69, 9.17) is 0 Å². The van der Waals surface area contributed by atoms with Gasteiger partial charge in [0.2, 0.25) is 5.91 Å². The number of hydrogen-bond acceptors (Lipinski definition) is 3. The van der Waals surface area contributed by atoms with Crippen LogP contribution in [0.5, 0.6) is 0 Å². The zero-order valence-corrected chi connectivity index (χ0v) is 14.9. The molecule has 1 unspecified atom stereocenters. The third-order valence-electron chi connectivity index (χ3n) is 5.24. The van der Waals surface area contributed by atoms with Crippen molar-refractivity contribution in [3.63, 3.8) is 0 Å². The van der Waals surface area contributed by atoms with E-state index in [0.717, 1.165) is 45.2 Å². The second-order valence-electron chi connectivity index (χ2n) is 7.38. The lowest BCUT2D eigenvalue weighted by atomic mass is 10.1. The van der Waals surface area contributed by atoms with E-state index in [2.05, 4.69) is 47.5 Å². The fourth-order valence-corrected chi connectivity index (χ4v) is 3.58. The van der Waals surface area contributed by atoms with Gasteiger partial charge in [0.25, 0.3) is 0 Å². The maximum Gasteiger partial charge on any atom is 0.236 e. The molecule has 1 atom stereocenters. The summed E-state index contributed by atoms with van der Waals surface area (Å²) in [5.41, 5.74) is 1.38. The minimum atomic E-state index is 0.264. The Morgan fingerprint density at radius 2 is 2.00 bits per heavy atom. The van der Waals surface area contributed by atoms with Crippen molar-refractivity contribution in [1.29, 1.82) is 0 Å². The van der Waals surface area contributed by atoms with E-state index in [0.29, 0.717) is 12.5 Å². The van der Waals surface area contributed by atoms with Crippen molar-refractivity contribution in [2.75, 3.05) is 39.3 Å². The average Bonchev–Trinajstić information content (AvgIpc) is 3.32. The number of carbonyl (C=O) groups is 1. The van der Waals surface area contributed by atoms with E-state index >= 15 is 0 Å². The number of nitrogens with zero attached hydrogens (tertiary/aromatic N) is 2. The van der Waals surface area contributed by atoms with Gasteiger partial charge in [0.15, 0.2) is 0 Å². The molecule has 0 bridgehead atoms. The van der Waals surface area contributed by atoms with Crippen LogP contribution >= 0.6 is 0 Å². The molecule has 3 rings (SSSR count). The van der Waals surface area contributed by atoms with E-state index in [9.17, 15) is 4.79 Å². The number of hydrogen-bond donors (Lipinski definition) is 1. The molecule has 0 radical (unpaired) electrons. The van der Waals surface area contributed by atoms with Gasteiger partial charge in [-0.05, 0) is 56.7 Å². The first-order valence-corrected chi connectivity index (χ1v) is 9.49. The van der Waals surface area contributed by atoms with Crippen LogP contribution in [0.4, 0.5) is 0 Å². The summed E-state index contributed by atoms with van der Waals surface area (Å²) in [5, 5.41) is 3.33. The van der Waals surface area contributed by atoms with Gasteiger partial charge in [-0.25, -0.2) is 0 Å². The lowest BCUT2D eigenvalue weighted by molar-refractivity contribution is -0.130. The van der Waals surface area contributed by atoms with Crippen molar-refractivity contribution < 1.29 is 4.79 Å². The first-order valence-electron chi connectivity index (χ1n) is 9.49. The van der Waals surface area contributed by atoms with Crippen LogP contribution in [0.15, 0.2) is 30.3 Å². The van der Waals surface area contributed by atoms with Gasteiger partial charge in [-0.1, -0.05) is 30.3 Å². The summed E-state index contributed by atoms with van der Waals surface area (Å²) in [4.78, 5) is 16.9. The second-order valence-corrected chi connectivity index (χ2v) is 7.38. The van der Waals surface area contributed by atoms with Crippen LogP contribution in [-0.2, 0) is 11.3 Å². The van der Waals surface area contributed by atoms with Gasteiger partial charge in [-0.2, -0.15) is 0 Å². The molecular weight excluding hydrogens is 298 g/mol. The summed E-state index contributed by atoms with van der Waals surface area (Å²) >= 11 is 0. The minimum Gasteiger partial charge on any atom is -0.342 e. The number of benzene rings is 1. The Morgan fingerprint density at radius 3 is 2.71 bits per heavy atom. The Labute approximate surface area is 146 Å². The van der Waals surface area contributed by atoms with Gasteiger partial charge in [-0.15, -0.1) is 0 Å². The quantitative estimate of drug-likeness (QED) is 0.755. The molecule has 1 N–H and O–H groups in total. The lowest BCUT2D eigenvalue weighted by Gasteiger charge is -2.25. The monoisotopic (exact) mass is 329 g/mol. The van der Waals surface area contributed by atoms with Crippen molar-refractivity contribution in [1.82, 2.24) is 15.1 Å². The molecule has 0 aromatic heterocycles. The summed E-state index contributed by atoms with van der Waals surface area (Å²) in [5.74, 6) is 1.70. The zero-order chi connectivity index (χ0) is 16.8. The molecular formula is C20H31N3O. The predicted octanol–water partition coefficient (Wildman–Crippen LogP) is 2.36. The van der Waals surface area contributed by atoms with Crippen LogP contribution in [0.3, 0.4) is 0 Å². The molecule has 132 valence electrons. The lowest BCUT2D eigenvalue weighted by Crippen LogP contribution is -2.41. The summed E-state index contributed by atoms with van der Waals surface area (Å²) in [7, 11) is 0. The smallest absolute Gasteiger partial charge is 0.236 e. The predicted molar refractivity (Wildman–Crippen MR) is 97.7 cm³/mol. The summed E-state index contributed by atoms with van der Waals surface area (Å²) in [6, 6.07) is 10.7. The molecule has 1 saturated carbocycles. The number of nitrogens with one attached hydrogen (secondary N) is 1. The maximum absolute atomic E-state index is 12.4. The van der Waals surface area contributed by atoms with Gasteiger partial charge in [0, 0.05) is 26.2 Å². The minimum absolute atomic E-state index is 0.264. The highest BCUT2D eigenvalue weighted by atomic mass is 16.2. The topological polar surface area (TPSA) is 35.6 Å². The molecule has 1 aliphatic heterocycles. The highest BCUT2D eigenvalue weighted by molar-refractivity contribution is 5.78. The van der Waals surface area contributed by atoms with Crippen LogP contribution in [0.2, 0.25) is 0 Å². The van der Waals surface area contributed by atoms with Crippen molar-refractivity contribution in [2.45, 2.75) is 32.7 Å². The van der Waals surface area contributed by atoms with Gasteiger partial charge in [0.05, 0.1) is 6.54 Å². The van der Waals surface area contributed by atoms with Gasteiger partial charge in [0.1, 0.15) is 0 Å². The molecule has 4 heteroatoms. The molecule has 2 fully saturated rings. The first kappa shape index (κ1) is 17.4. The van der Waals surface area contributed by atoms with Crippen LogP contribution in [0.25, 0.3) is 0 Å². The van der Waals surface area contributed by atoms with Crippen LogP contribution in [0.1, 0.15) is 31.7 Å². The maximum atomic E-state index is 12.4. The highest BCUT2D eigenvalue weighted by Gasteiger charge is 2.26. The molecule has 24 heavy (non-hydrogen) atoms. The molecule has 1 aromatic carbocycles. The first-order chi connectivity index (χ1) is 11.7. The standard InChI is InChI=1S/C20H31N3O/c1-2-23(20(24)13-21-12-17-8-9-17)16-19-10-11-22(15-19)14-18-6-4-3-5-7-18/h3-7,17,19,21H,2,8-16H2,1H3. The number of carbonyl (C=O) groups excluding carboxylic acids is 1. The van der Waals surface area contributed by atoms with Gasteiger partial charge >= 0.3 is 0 Å². The number of likely N-dealkylation sites (N-methyl/N-ethyl adjacent to an activating group) is 1. The molecule has 1 saturated heterocycles. The van der Waals surface area contributed by atoms with Gasteiger partial charge < -0.3 is 10.2 Å². The molecule has 1 aliphatic carbocycles. The number of amides is 1. The van der Waals surface area contributed by atoms with Crippen molar-refractivity contribution in [3.8, 4) is 0 Å².